The van der Waals surface area contributed by atoms with Gasteiger partial charge in [0.2, 0.25) is 10.0 Å². The molecule has 0 unspecified atom stereocenters. The Morgan fingerprint density at radius 3 is 2.43 bits per heavy atom. The second-order valence-corrected chi connectivity index (χ2v) is 7.40. The molecule has 0 bridgehead atoms. The molecule has 0 aliphatic rings. The Morgan fingerprint density at radius 2 is 1.82 bits per heavy atom. The van der Waals surface area contributed by atoms with E-state index in [1.807, 2.05) is 6.07 Å². The number of benzene rings is 2. The average Bonchev–Trinajstić information content (AvgIpc) is 2.72. The normalized spacial score (nSPS) is 10.8. The number of hydrogen-bond acceptors (Lipinski definition) is 7. The fourth-order valence-corrected chi connectivity index (χ4v) is 3.34. The summed E-state index contributed by atoms with van der Waals surface area (Å²) in [5.74, 6) is 0.300. The lowest BCUT2D eigenvalue weighted by Crippen LogP contribution is -2.26. The van der Waals surface area contributed by atoms with Gasteiger partial charge in [0.1, 0.15) is 0 Å². The van der Waals surface area contributed by atoms with E-state index in [1.54, 1.807) is 18.2 Å². The Labute approximate surface area is 163 Å². The van der Waals surface area contributed by atoms with E-state index in [4.69, 9.17) is 14.7 Å². The largest absolute Gasteiger partial charge is 0.493 e. The van der Waals surface area contributed by atoms with Crippen molar-refractivity contribution in [1.82, 2.24) is 4.72 Å². The van der Waals surface area contributed by atoms with Crippen LogP contribution in [0.4, 0.5) is 0 Å². The van der Waals surface area contributed by atoms with Crippen LogP contribution in [0, 0.1) is 11.3 Å². The van der Waals surface area contributed by atoms with Gasteiger partial charge in [0.15, 0.2) is 18.1 Å². The van der Waals surface area contributed by atoms with Gasteiger partial charge < -0.3 is 14.2 Å². The highest BCUT2D eigenvalue weighted by Gasteiger charge is 2.14. The first-order valence-corrected chi connectivity index (χ1v) is 9.74. The van der Waals surface area contributed by atoms with Gasteiger partial charge in [0.25, 0.3) is 0 Å². The summed E-state index contributed by atoms with van der Waals surface area (Å²) < 4.78 is 42.2. The number of sulfonamides is 1. The monoisotopic (exact) mass is 404 g/mol. The Bertz CT molecular complexity index is 965. The molecule has 0 heterocycles. The molecule has 0 atom stereocenters. The lowest BCUT2D eigenvalue weighted by atomic mass is 10.1. The van der Waals surface area contributed by atoms with Crippen molar-refractivity contribution in [3.05, 3.63) is 53.6 Å². The van der Waals surface area contributed by atoms with Gasteiger partial charge >= 0.3 is 5.97 Å². The average molecular weight is 404 g/mol. The summed E-state index contributed by atoms with van der Waals surface area (Å²) in [6, 6.07) is 12.7. The molecule has 148 valence electrons. The van der Waals surface area contributed by atoms with E-state index >= 15 is 0 Å². The molecule has 0 fully saturated rings. The van der Waals surface area contributed by atoms with Crippen LogP contribution in [0.1, 0.15) is 11.1 Å². The van der Waals surface area contributed by atoms with Crippen molar-refractivity contribution >= 4 is 16.0 Å². The number of rotatable bonds is 9. The number of carbonyl (C=O) groups excluding carboxylic acids is 1. The number of ether oxygens (including phenoxy) is 3. The van der Waals surface area contributed by atoms with Gasteiger partial charge in [-0.05, 0) is 48.4 Å². The highest BCUT2D eigenvalue weighted by atomic mass is 32.2. The third kappa shape index (κ3) is 5.70. The summed E-state index contributed by atoms with van der Waals surface area (Å²) >= 11 is 0. The van der Waals surface area contributed by atoms with Crippen molar-refractivity contribution < 1.29 is 27.4 Å². The summed E-state index contributed by atoms with van der Waals surface area (Å²) in [6.07, 6.45) is 0.420. The van der Waals surface area contributed by atoms with E-state index < -0.39 is 16.0 Å². The molecule has 28 heavy (non-hydrogen) atoms. The number of nitrogens with zero attached hydrogens (tertiary/aromatic N) is 1. The predicted octanol–water partition coefficient (Wildman–Crippen LogP) is 1.64. The maximum absolute atomic E-state index is 12.3. The third-order valence-electron chi connectivity index (χ3n) is 3.80. The molecular weight excluding hydrogens is 384 g/mol. The molecule has 0 amide bonds. The number of hydrogen-bond donors (Lipinski definition) is 1. The zero-order chi connectivity index (χ0) is 20.6. The molecule has 0 aliphatic heterocycles. The van der Waals surface area contributed by atoms with Crippen LogP contribution in [0.2, 0.25) is 0 Å². The first-order chi connectivity index (χ1) is 13.4. The van der Waals surface area contributed by atoms with E-state index in [9.17, 15) is 13.2 Å². The fourth-order valence-electron chi connectivity index (χ4n) is 2.30. The van der Waals surface area contributed by atoms with Crippen molar-refractivity contribution in [3.63, 3.8) is 0 Å². The SMILES string of the molecule is COC(=O)COc1ccc(CCNS(=O)(=O)c2ccc(C#N)cc2)cc1OC. The highest BCUT2D eigenvalue weighted by Crippen LogP contribution is 2.28. The number of carbonyl (C=O) groups is 1. The number of esters is 1. The van der Waals surface area contributed by atoms with Gasteiger partial charge in [-0.2, -0.15) is 5.26 Å². The zero-order valence-corrected chi connectivity index (χ0v) is 16.3. The fraction of sp³-hybridized carbons (Fsp3) is 0.263. The van der Waals surface area contributed by atoms with Gasteiger partial charge in [0, 0.05) is 6.54 Å². The van der Waals surface area contributed by atoms with E-state index in [0.717, 1.165) is 5.56 Å². The minimum absolute atomic E-state index is 0.0932. The Morgan fingerprint density at radius 1 is 1.11 bits per heavy atom. The second-order valence-electron chi connectivity index (χ2n) is 5.63. The van der Waals surface area contributed by atoms with Crippen LogP contribution in [0.5, 0.6) is 11.5 Å². The van der Waals surface area contributed by atoms with E-state index in [-0.39, 0.29) is 18.0 Å². The molecular formula is C19H20N2O6S. The van der Waals surface area contributed by atoms with Crippen LogP contribution in [0.25, 0.3) is 0 Å². The lowest BCUT2D eigenvalue weighted by molar-refractivity contribution is -0.142. The van der Waals surface area contributed by atoms with Crippen LogP contribution >= 0.6 is 0 Å². The first kappa shape index (κ1) is 21.2. The molecule has 1 N–H and O–H groups in total. The summed E-state index contributed by atoms with van der Waals surface area (Å²) in [5.41, 5.74) is 1.21. The molecule has 0 saturated carbocycles. The van der Waals surface area contributed by atoms with E-state index in [2.05, 4.69) is 9.46 Å². The third-order valence-corrected chi connectivity index (χ3v) is 5.28. The molecule has 0 radical (unpaired) electrons. The molecule has 9 heteroatoms. The number of methoxy groups -OCH3 is 2. The van der Waals surface area contributed by atoms with Crippen LogP contribution in [-0.2, 0) is 26.0 Å². The summed E-state index contributed by atoms with van der Waals surface area (Å²) in [6.45, 7) is -0.0650. The molecule has 2 aromatic rings. The Balaban J connectivity index is 1.98. The van der Waals surface area contributed by atoms with Crippen LogP contribution in [-0.4, -0.2) is 41.8 Å². The molecule has 2 rings (SSSR count). The molecule has 2 aromatic carbocycles. The van der Waals surface area contributed by atoms with Crippen molar-refractivity contribution in [3.8, 4) is 17.6 Å². The molecule has 8 nitrogen and oxygen atoms in total. The zero-order valence-electron chi connectivity index (χ0n) is 15.5. The standard InChI is InChI=1S/C19H20N2O6S/c1-25-18-11-14(5-8-17(18)27-13-19(22)26-2)9-10-21-28(23,24)16-6-3-15(12-20)4-7-16/h3-8,11,21H,9-10,13H2,1-2H3. The van der Waals surface area contributed by atoms with Crippen LogP contribution in [0.15, 0.2) is 47.4 Å². The first-order valence-electron chi connectivity index (χ1n) is 8.26. The summed E-state index contributed by atoms with van der Waals surface area (Å²) in [5, 5.41) is 8.78. The summed E-state index contributed by atoms with van der Waals surface area (Å²) in [4.78, 5) is 11.3. The van der Waals surface area contributed by atoms with Crippen molar-refractivity contribution in [2.24, 2.45) is 0 Å². The number of nitriles is 1. The van der Waals surface area contributed by atoms with Crippen molar-refractivity contribution in [2.75, 3.05) is 27.4 Å². The van der Waals surface area contributed by atoms with Crippen molar-refractivity contribution in [1.29, 1.82) is 5.26 Å². The summed E-state index contributed by atoms with van der Waals surface area (Å²) in [7, 11) is -0.928. The molecule has 0 saturated heterocycles. The maximum atomic E-state index is 12.3. The number of nitrogens with one attached hydrogen (secondary N) is 1. The molecule has 0 aromatic heterocycles. The van der Waals surface area contributed by atoms with E-state index in [0.29, 0.717) is 23.5 Å². The van der Waals surface area contributed by atoms with Gasteiger partial charge in [-0.15, -0.1) is 0 Å². The Hall–Kier alpha value is -3.09. The Kier molecular flexibility index (Phi) is 7.37. The van der Waals surface area contributed by atoms with E-state index in [1.165, 1.54) is 38.5 Å². The van der Waals surface area contributed by atoms with Crippen LogP contribution < -0.4 is 14.2 Å². The minimum Gasteiger partial charge on any atom is -0.493 e. The lowest BCUT2D eigenvalue weighted by Gasteiger charge is -2.12. The maximum Gasteiger partial charge on any atom is 0.343 e. The smallest absolute Gasteiger partial charge is 0.343 e. The van der Waals surface area contributed by atoms with Crippen molar-refractivity contribution in [2.45, 2.75) is 11.3 Å². The van der Waals surface area contributed by atoms with Gasteiger partial charge in [0.05, 0.1) is 30.7 Å². The molecule has 0 aliphatic carbocycles. The second kappa shape index (κ2) is 9.73. The van der Waals surface area contributed by atoms with Crippen LogP contribution in [0.3, 0.4) is 0 Å². The van der Waals surface area contributed by atoms with Gasteiger partial charge in [-0.25, -0.2) is 17.9 Å². The predicted molar refractivity (Wildman–Crippen MR) is 101 cm³/mol. The highest BCUT2D eigenvalue weighted by molar-refractivity contribution is 7.89. The molecule has 0 spiro atoms. The van der Waals surface area contributed by atoms with Gasteiger partial charge in [-0.1, -0.05) is 6.07 Å². The van der Waals surface area contributed by atoms with Gasteiger partial charge in [-0.3, -0.25) is 0 Å². The minimum atomic E-state index is -3.67. The topological polar surface area (TPSA) is 115 Å². The quantitative estimate of drug-likeness (QED) is 0.632.